The lowest BCUT2D eigenvalue weighted by atomic mass is 10.1. The summed E-state index contributed by atoms with van der Waals surface area (Å²) < 4.78 is 0. The molecule has 5 heteroatoms. The number of likely N-dealkylation sites (N-methyl/N-ethyl adjacent to an activating group) is 1. The van der Waals surface area contributed by atoms with Crippen molar-refractivity contribution >= 4 is 23.2 Å². The monoisotopic (exact) mass is 219 g/mol. The summed E-state index contributed by atoms with van der Waals surface area (Å²) in [5.41, 5.74) is 7.70. The first-order valence-corrected chi connectivity index (χ1v) is 5.02. The van der Waals surface area contributed by atoms with Gasteiger partial charge in [-0.05, 0) is 30.8 Å². The molecule has 84 valence electrons. The summed E-state index contributed by atoms with van der Waals surface area (Å²) >= 11 is 0. The number of amides is 2. The van der Waals surface area contributed by atoms with Gasteiger partial charge in [0.25, 0.3) is 0 Å². The fourth-order valence-corrected chi connectivity index (χ4v) is 1.85. The van der Waals surface area contributed by atoms with E-state index < -0.39 is 0 Å². The minimum atomic E-state index is -0.240. The van der Waals surface area contributed by atoms with Crippen LogP contribution in [0.3, 0.4) is 0 Å². The number of hydrogen-bond acceptors (Lipinski definition) is 4. The Morgan fingerprint density at radius 1 is 1.56 bits per heavy atom. The number of nitrogens with two attached hydrogens (primary N) is 1. The lowest BCUT2D eigenvalue weighted by molar-refractivity contribution is -0.125. The van der Waals surface area contributed by atoms with Crippen LogP contribution in [0.25, 0.3) is 0 Å². The summed E-state index contributed by atoms with van der Waals surface area (Å²) in [5.74, 6) is -0.433. The highest BCUT2D eigenvalue weighted by Gasteiger charge is 2.31. The SMILES string of the molecule is CNCC(=O)N1C(=O)Cc2cc(N)ccc21. The highest BCUT2D eigenvalue weighted by atomic mass is 16.2. The number of nitrogens with one attached hydrogen (secondary N) is 1. The number of nitrogens with zero attached hydrogens (tertiary/aromatic N) is 1. The Balaban J connectivity index is 2.36. The van der Waals surface area contributed by atoms with Crippen molar-refractivity contribution in [3.8, 4) is 0 Å². The third-order valence-corrected chi connectivity index (χ3v) is 2.51. The number of carbonyl (C=O) groups is 2. The van der Waals surface area contributed by atoms with Crippen LogP contribution in [0, 0.1) is 0 Å². The summed E-state index contributed by atoms with van der Waals surface area (Å²) in [6, 6.07) is 5.14. The number of imide groups is 1. The summed E-state index contributed by atoms with van der Waals surface area (Å²) in [6.45, 7) is 0.148. The van der Waals surface area contributed by atoms with E-state index in [1.54, 1.807) is 25.2 Å². The molecule has 0 aliphatic carbocycles. The van der Waals surface area contributed by atoms with Crippen molar-refractivity contribution in [2.75, 3.05) is 24.2 Å². The first-order chi connectivity index (χ1) is 7.63. The molecule has 1 aromatic rings. The lowest BCUT2D eigenvalue weighted by Crippen LogP contribution is -2.39. The van der Waals surface area contributed by atoms with E-state index in [2.05, 4.69) is 5.32 Å². The van der Waals surface area contributed by atoms with Crippen molar-refractivity contribution in [1.82, 2.24) is 5.32 Å². The van der Waals surface area contributed by atoms with Crippen LogP contribution in [-0.2, 0) is 16.0 Å². The molecule has 16 heavy (non-hydrogen) atoms. The number of fused-ring (bicyclic) bond motifs is 1. The molecule has 3 N–H and O–H groups in total. The molecule has 1 aromatic carbocycles. The third kappa shape index (κ3) is 1.65. The Hall–Kier alpha value is -1.88. The molecular formula is C11H13N3O2. The minimum Gasteiger partial charge on any atom is -0.399 e. The van der Waals surface area contributed by atoms with Crippen LogP contribution in [-0.4, -0.2) is 25.4 Å². The number of hydrogen-bond donors (Lipinski definition) is 2. The highest BCUT2D eigenvalue weighted by Crippen LogP contribution is 2.30. The molecule has 0 aromatic heterocycles. The van der Waals surface area contributed by atoms with Crippen LogP contribution in [0.2, 0.25) is 0 Å². The zero-order valence-corrected chi connectivity index (χ0v) is 8.99. The fourth-order valence-electron chi connectivity index (χ4n) is 1.85. The molecule has 0 saturated carbocycles. The quantitative estimate of drug-likeness (QED) is 0.681. The molecule has 0 bridgehead atoms. The molecule has 0 spiro atoms. The van der Waals surface area contributed by atoms with Crippen molar-refractivity contribution in [1.29, 1.82) is 0 Å². The highest BCUT2D eigenvalue weighted by molar-refractivity contribution is 6.19. The van der Waals surface area contributed by atoms with E-state index in [1.165, 1.54) is 4.90 Å². The topological polar surface area (TPSA) is 75.4 Å². The van der Waals surface area contributed by atoms with Crippen LogP contribution in [0.15, 0.2) is 18.2 Å². The normalized spacial score (nSPS) is 14.1. The molecule has 1 heterocycles. The Morgan fingerprint density at radius 2 is 2.31 bits per heavy atom. The molecule has 1 aliphatic heterocycles. The number of anilines is 2. The van der Waals surface area contributed by atoms with E-state index in [0.29, 0.717) is 11.4 Å². The lowest BCUT2D eigenvalue weighted by Gasteiger charge is -2.15. The third-order valence-electron chi connectivity index (χ3n) is 2.51. The van der Waals surface area contributed by atoms with Crippen LogP contribution in [0.5, 0.6) is 0 Å². The van der Waals surface area contributed by atoms with Gasteiger partial charge in [-0.1, -0.05) is 0 Å². The van der Waals surface area contributed by atoms with Gasteiger partial charge in [-0.25, -0.2) is 4.90 Å². The smallest absolute Gasteiger partial charge is 0.247 e. The molecule has 0 radical (unpaired) electrons. The number of carbonyl (C=O) groups excluding carboxylic acids is 2. The zero-order chi connectivity index (χ0) is 11.7. The Bertz CT molecular complexity index is 457. The molecule has 0 unspecified atom stereocenters. The van der Waals surface area contributed by atoms with Gasteiger partial charge in [0.05, 0.1) is 18.7 Å². The van der Waals surface area contributed by atoms with E-state index in [1.807, 2.05) is 0 Å². The van der Waals surface area contributed by atoms with Gasteiger partial charge >= 0.3 is 0 Å². The summed E-state index contributed by atoms with van der Waals surface area (Å²) in [7, 11) is 1.67. The summed E-state index contributed by atoms with van der Waals surface area (Å²) in [4.78, 5) is 24.6. The van der Waals surface area contributed by atoms with Crippen molar-refractivity contribution in [3.63, 3.8) is 0 Å². The first kappa shape index (κ1) is 10.6. The van der Waals surface area contributed by atoms with E-state index >= 15 is 0 Å². The van der Waals surface area contributed by atoms with Gasteiger partial charge in [-0.15, -0.1) is 0 Å². The van der Waals surface area contributed by atoms with Gasteiger partial charge in [0.2, 0.25) is 11.8 Å². The number of rotatable bonds is 2. The van der Waals surface area contributed by atoms with E-state index in [4.69, 9.17) is 5.73 Å². The van der Waals surface area contributed by atoms with Crippen LogP contribution in [0.1, 0.15) is 5.56 Å². The van der Waals surface area contributed by atoms with Gasteiger partial charge in [-0.3, -0.25) is 9.59 Å². The first-order valence-electron chi connectivity index (χ1n) is 5.02. The largest absolute Gasteiger partial charge is 0.399 e. The molecule has 0 fully saturated rings. The summed E-state index contributed by atoms with van der Waals surface area (Å²) in [5, 5.41) is 2.74. The molecule has 2 amide bonds. The maximum absolute atomic E-state index is 11.7. The Labute approximate surface area is 93.2 Å². The molecule has 1 aliphatic rings. The second-order valence-corrected chi connectivity index (χ2v) is 3.72. The van der Waals surface area contributed by atoms with Crippen molar-refractivity contribution in [2.45, 2.75) is 6.42 Å². The van der Waals surface area contributed by atoms with Crippen LogP contribution in [0.4, 0.5) is 11.4 Å². The minimum absolute atomic E-state index is 0.148. The molecule has 2 rings (SSSR count). The van der Waals surface area contributed by atoms with E-state index in [0.717, 1.165) is 5.56 Å². The average molecular weight is 219 g/mol. The van der Waals surface area contributed by atoms with Crippen LogP contribution >= 0.6 is 0 Å². The molecule has 0 saturated heterocycles. The standard InChI is InChI=1S/C11H13N3O2/c1-13-6-11(16)14-9-3-2-8(12)4-7(9)5-10(14)15/h2-4,13H,5-6,12H2,1H3. The van der Waals surface area contributed by atoms with Crippen molar-refractivity contribution < 1.29 is 9.59 Å². The Morgan fingerprint density at radius 3 is 3.00 bits per heavy atom. The van der Waals surface area contributed by atoms with Gasteiger partial charge in [0.1, 0.15) is 0 Å². The maximum Gasteiger partial charge on any atom is 0.247 e. The van der Waals surface area contributed by atoms with Crippen LogP contribution < -0.4 is 16.0 Å². The van der Waals surface area contributed by atoms with Gasteiger partial charge in [0.15, 0.2) is 0 Å². The van der Waals surface area contributed by atoms with Gasteiger partial charge in [-0.2, -0.15) is 0 Å². The van der Waals surface area contributed by atoms with Gasteiger partial charge < -0.3 is 11.1 Å². The maximum atomic E-state index is 11.7. The number of benzene rings is 1. The van der Waals surface area contributed by atoms with Crippen molar-refractivity contribution in [2.24, 2.45) is 0 Å². The number of nitrogen functional groups attached to an aromatic ring is 1. The predicted molar refractivity (Wildman–Crippen MR) is 61.0 cm³/mol. The van der Waals surface area contributed by atoms with Gasteiger partial charge in [0, 0.05) is 5.69 Å². The second-order valence-electron chi connectivity index (χ2n) is 3.72. The predicted octanol–water partition coefficient (Wildman–Crippen LogP) is -0.0961. The van der Waals surface area contributed by atoms with E-state index in [9.17, 15) is 9.59 Å². The molecular weight excluding hydrogens is 206 g/mol. The Kier molecular flexibility index (Phi) is 2.62. The molecule has 5 nitrogen and oxygen atoms in total. The molecule has 0 atom stereocenters. The van der Waals surface area contributed by atoms with E-state index in [-0.39, 0.29) is 24.8 Å². The average Bonchev–Trinajstić information content (AvgIpc) is 2.53. The second kappa shape index (κ2) is 3.94. The zero-order valence-electron chi connectivity index (χ0n) is 8.99. The summed E-state index contributed by atoms with van der Waals surface area (Å²) in [6.07, 6.45) is 0.246. The van der Waals surface area contributed by atoms with Crippen molar-refractivity contribution in [3.05, 3.63) is 23.8 Å². The fraction of sp³-hybridized carbons (Fsp3) is 0.273.